The number of rotatable bonds is 7. The van der Waals surface area contributed by atoms with Crippen molar-refractivity contribution in [1.82, 2.24) is 0 Å². The first kappa shape index (κ1) is 22.1. The summed E-state index contributed by atoms with van der Waals surface area (Å²) in [6.45, 7) is 9.80. The third-order valence-corrected chi connectivity index (χ3v) is 4.53. The number of hydrogen-bond acceptors (Lipinski definition) is 4. The fourth-order valence-corrected chi connectivity index (χ4v) is 3.37. The van der Waals surface area contributed by atoms with Crippen molar-refractivity contribution < 1.29 is 19.1 Å². The highest BCUT2D eigenvalue weighted by Gasteiger charge is 2.18. The van der Waals surface area contributed by atoms with Crippen molar-refractivity contribution in [2.45, 2.75) is 41.0 Å². The Morgan fingerprint density at radius 2 is 1.59 bits per heavy atom. The molecule has 1 N–H and O–H groups in total. The van der Waals surface area contributed by atoms with Gasteiger partial charge in [-0.25, -0.2) is 4.79 Å². The van der Waals surface area contributed by atoms with Crippen LogP contribution in [0.3, 0.4) is 0 Å². The molecule has 2 aromatic carbocycles. The Morgan fingerprint density at radius 1 is 1.00 bits per heavy atom. The summed E-state index contributed by atoms with van der Waals surface area (Å²) in [4.78, 5) is 37.9. The zero-order chi connectivity index (χ0) is 21.6. The van der Waals surface area contributed by atoms with E-state index in [1.807, 2.05) is 32.9 Å². The van der Waals surface area contributed by atoms with Crippen LogP contribution in [0.1, 0.15) is 47.3 Å². The van der Waals surface area contributed by atoms with Gasteiger partial charge in [0, 0.05) is 31.3 Å². The van der Waals surface area contributed by atoms with E-state index in [4.69, 9.17) is 4.74 Å². The van der Waals surface area contributed by atoms with Crippen molar-refractivity contribution in [3.05, 3.63) is 58.7 Å². The molecule has 154 valence electrons. The smallest absolute Gasteiger partial charge is 0.338 e. The van der Waals surface area contributed by atoms with Crippen LogP contribution in [-0.4, -0.2) is 30.9 Å². The van der Waals surface area contributed by atoms with Crippen molar-refractivity contribution in [3.8, 4) is 0 Å². The second-order valence-corrected chi connectivity index (χ2v) is 7.01. The molecule has 0 spiro atoms. The Hall–Kier alpha value is -3.15. The van der Waals surface area contributed by atoms with Gasteiger partial charge in [0.05, 0.1) is 12.2 Å². The molecule has 0 saturated heterocycles. The summed E-state index contributed by atoms with van der Waals surface area (Å²) in [7, 11) is 0. The van der Waals surface area contributed by atoms with E-state index in [0.717, 1.165) is 22.4 Å². The lowest BCUT2D eigenvalue weighted by Crippen LogP contribution is -2.33. The summed E-state index contributed by atoms with van der Waals surface area (Å²) in [5.41, 5.74) is 5.02. The Morgan fingerprint density at radius 3 is 2.10 bits per heavy atom. The largest absolute Gasteiger partial charge is 0.462 e. The van der Waals surface area contributed by atoms with Crippen LogP contribution < -0.4 is 10.2 Å². The lowest BCUT2D eigenvalue weighted by molar-refractivity contribution is -0.117. The van der Waals surface area contributed by atoms with E-state index < -0.39 is 5.97 Å². The quantitative estimate of drug-likeness (QED) is 0.713. The van der Waals surface area contributed by atoms with Gasteiger partial charge in [-0.3, -0.25) is 9.59 Å². The molecule has 0 aliphatic heterocycles. The monoisotopic (exact) mass is 396 g/mol. The molecular weight excluding hydrogens is 368 g/mol. The van der Waals surface area contributed by atoms with Crippen molar-refractivity contribution in [1.29, 1.82) is 0 Å². The molecule has 0 saturated carbocycles. The number of anilines is 2. The third-order valence-electron chi connectivity index (χ3n) is 4.53. The minimum atomic E-state index is -0.397. The van der Waals surface area contributed by atoms with E-state index in [-0.39, 0.29) is 24.8 Å². The maximum absolute atomic E-state index is 12.4. The lowest BCUT2D eigenvalue weighted by Gasteiger charge is -2.25. The molecule has 2 aromatic rings. The fraction of sp³-hybridized carbons (Fsp3) is 0.348. The van der Waals surface area contributed by atoms with Crippen molar-refractivity contribution in [3.63, 3.8) is 0 Å². The van der Waals surface area contributed by atoms with Gasteiger partial charge in [0.25, 0.3) is 0 Å². The van der Waals surface area contributed by atoms with Crippen molar-refractivity contribution in [2.75, 3.05) is 23.4 Å². The van der Waals surface area contributed by atoms with Crippen LogP contribution in [0.5, 0.6) is 0 Å². The van der Waals surface area contributed by atoms with Gasteiger partial charge in [0.15, 0.2) is 0 Å². The molecule has 2 amide bonds. The van der Waals surface area contributed by atoms with E-state index in [9.17, 15) is 14.4 Å². The van der Waals surface area contributed by atoms with Crippen LogP contribution in [0.4, 0.5) is 11.4 Å². The van der Waals surface area contributed by atoms with Crippen LogP contribution in [0.25, 0.3) is 0 Å². The predicted octanol–water partition coefficient (Wildman–Crippen LogP) is 4.17. The first-order chi connectivity index (χ1) is 13.7. The number of carbonyl (C=O) groups is 3. The zero-order valence-corrected chi connectivity index (χ0v) is 17.7. The van der Waals surface area contributed by atoms with Crippen molar-refractivity contribution in [2.24, 2.45) is 0 Å². The number of nitrogens with zero attached hydrogens (tertiary/aromatic N) is 1. The van der Waals surface area contributed by atoms with Gasteiger partial charge in [-0.1, -0.05) is 17.7 Å². The van der Waals surface area contributed by atoms with Gasteiger partial charge in [-0.15, -0.1) is 0 Å². The van der Waals surface area contributed by atoms with Crippen LogP contribution in [0, 0.1) is 20.8 Å². The molecule has 0 bridgehead atoms. The van der Waals surface area contributed by atoms with Gasteiger partial charge in [-0.05, 0) is 63.1 Å². The number of benzene rings is 2. The molecule has 0 atom stereocenters. The molecule has 0 aromatic heterocycles. The Labute approximate surface area is 171 Å². The van der Waals surface area contributed by atoms with Gasteiger partial charge in [0.2, 0.25) is 11.8 Å². The van der Waals surface area contributed by atoms with Gasteiger partial charge in [0.1, 0.15) is 0 Å². The van der Waals surface area contributed by atoms with Crippen LogP contribution in [0.15, 0.2) is 36.4 Å². The number of ether oxygens (including phenoxy) is 1. The van der Waals surface area contributed by atoms with Crippen LogP contribution >= 0.6 is 0 Å². The topological polar surface area (TPSA) is 75.7 Å². The van der Waals surface area contributed by atoms with Gasteiger partial charge < -0.3 is 15.0 Å². The van der Waals surface area contributed by atoms with E-state index >= 15 is 0 Å². The summed E-state index contributed by atoms with van der Waals surface area (Å²) in [6.07, 6.45) is 0.159. The number of esters is 1. The molecule has 0 radical (unpaired) electrons. The lowest BCUT2D eigenvalue weighted by atomic mass is 10.0. The molecular formula is C23H28N2O4. The number of carbonyl (C=O) groups excluding carboxylic acids is 3. The summed E-state index contributed by atoms with van der Waals surface area (Å²) in [6, 6.07) is 10.6. The maximum Gasteiger partial charge on any atom is 0.338 e. The summed E-state index contributed by atoms with van der Waals surface area (Å²) >= 11 is 0. The molecule has 6 nitrogen and oxygen atoms in total. The zero-order valence-electron chi connectivity index (χ0n) is 17.7. The minimum Gasteiger partial charge on any atom is -0.462 e. The number of nitrogens with one attached hydrogen (secondary N) is 1. The molecule has 29 heavy (non-hydrogen) atoms. The Bertz CT molecular complexity index is 881. The summed E-state index contributed by atoms with van der Waals surface area (Å²) in [5, 5.41) is 2.80. The Balaban J connectivity index is 2.03. The average Bonchev–Trinajstić information content (AvgIpc) is 2.64. The first-order valence-electron chi connectivity index (χ1n) is 9.66. The third kappa shape index (κ3) is 5.91. The number of hydrogen-bond donors (Lipinski definition) is 1. The second kappa shape index (κ2) is 9.87. The van der Waals surface area contributed by atoms with Crippen LogP contribution in [0.2, 0.25) is 0 Å². The predicted molar refractivity (Wildman–Crippen MR) is 114 cm³/mol. The van der Waals surface area contributed by atoms with E-state index in [1.54, 1.807) is 36.1 Å². The number of aryl methyl sites for hydroxylation is 3. The van der Waals surface area contributed by atoms with Crippen LogP contribution in [-0.2, 0) is 14.3 Å². The van der Waals surface area contributed by atoms with E-state index in [2.05, 4.69) is 5.32 Å². The minimum absolute atomic E-state index is 0.105. The summed E-state index contributed by atoms with van der Waals surface area (Å²) in [5.74, 6) is -0.708. The normalized spacial score (nSPS) is 10.4. The average molecular weight is 396 g/mol. The Kier molecular flexibility index (Phi) is 7.53. The standard InChI is InChI=1S/C23H28N2O4/c1-6-29-23(28)19-7-9-20(10-8-19)24-21(27)11-12-25(18(5)26)22-16(3)13-15(2)14-17(22)4/h7-10,13-14H,6,11-12H2,1-5H3,(H,24,27). The summed E-state index contributed by atoms with van der Waals surface area (Å²) < 4.78 is 4.94. The highest BCUT2D eigenvalue weighted by Crippen LogP contribution is 2.26. The SMILES string of the molecule is CCOC(=O)c1ccc(NC(=O)CCN(C(C)=O)c2c(C)cc(C)cc2C)cc1. The van der Waals surface area contributed by atoms with Crippen molar-refractivity contribution >= 4 is 29.2 Å². The first-order valence-corrected chi connectivity index (χ1v) is 9.66. The molecule has 0 fully saturated rings. The molecule has 6 heteroatoms. The number of amides is 2. The highest BCUT2D eigenvalue weighted by molar-refractivity contribution is 5.96. The second-order valence-electron chi connectivity index (χ2n) is 7.01. The fourth-order valence-electron chi connectivity index (χ4n) is 3.37. The van der Waals surface area contributed by atoms with E-state index in [1.165, 1.54) is 6.92 Å². The van der Waals surface area contributed by atoms with Gasteiger partial charge >= 0.3 is 5.97 Å². The molecule has 0 aliphatic carbocycles. The highest BCUT2D eigenvalue weighted by atomic mass is 16.5. The molecule has 0 heterocycles. The maximum atomic E-state index is 12.4. The molecule has 0 aliphatic rings. The van der Waals surface area contributed by atoms with Gasteiger partial charge in [-0.2, -0.15) is 0 Å². The molecule has 0 unspecified atom stereocenters. The van der Waals surface area contributed by atoms with E-state index in [0.29, 0.717) is 17.9 Å². The molecule has 2 rings (SSSR count).